The highest BCUT2D eigenvalue weighted by Gasteiger charge is 2.11. The summed E-state index contributed by atoms with van der Waals surface area (Å²) in [5.74, 6) is 0.0230. The molecule has 0 bridgehead atoms. The van der Waals surface area contributed by atoms with Gasteiger partial charge in [-0.2, -0.15) is 5.10 Å². The topological polar surface area (TPSA) is 50.2 Å². The number of carbonyl (C=O) groups is 1. The zero-order valence-electron chi connectivity index (χ0n) is 14.6. The smallest absolute Gasteiger partial charge is 0.226 e. The SMILES string of the molecule is Cc1cc(C)n(CCC(=O)Nc2ccc(CN3CCCC3)cc2)n1. The number of carbonyl (C=O) groups excluding carboxylic acids is 1. The van der Waals surface area contributed by atoms with Crippen LogP contribution in [-0.2, 0) is 17.9 Å². The second kappa shape index (κ2) is 7.62. The highest BCUT2D eigenvalue weighted by Crippen LogP contribution is 2.15. The van der Waals surface area contributed by atoms with Gasteiger partial charge in [0.05, 0.1) is 5.69 Å². The molecule has 1 amide bonds. The lowest BCUT2D eigenvalue weighted by Crippen LogP contribution is -2.18. The van der Waals surface area contributed by atoms with Crippen molar-refractivity contribution in [3.63, 3.8) is 0 Å². The van der Waals surface area contributed by atoms with Gasteiger partial charge in [-0.15, -0.1) is 0 Å². The molecule has 1 aliphatic rings. The van der Waals surface area contributed by atoms with Crippen LogP contribution < -0.4 is 5.32 Å². The molecule has 0 atom stereocenters. The van der Waals surface area contributed by atoms with E-state index < -0.39 is 0 Å². The Kier molecular flexibility index (Phi) is 5.30. The summed E-state index contributed by atoms with van der Waals surface area (Å²) < 4.78 is 1.88. The molecular weight excluding hydrogens is 300 g/mol. The second-order valence-electron chi connectivity index (χ2n) is 6.63. The molecule has 1 fully saturated rings. The summed E-state index contributed by atoms with van der Waals surface area (Å²) in [5.41, 5.74) is 4.24. The Balaban J connectivity index is 1.48. The van der Waals surface area contributed by atoms with Crippen LogP contribution in [0.4, 0.5) is 5.69 Å². The fraction of sp³-hybridized carbons (Fsp3) is 0.474. The minimum atomic E-state index is 0.0230. The van der Waals surface area contributed by atoms with Gasteiger partial charge in [0, 0.05) is 30.9 Å². The molecule has 5 nitrogen and oxygen atoms in total. The van der Waals surface area contributed by atoms with E-state index in [1.165, 1.54) is 31.5 Å². The maximum atomic E-state index is 12.1. The summed E-state index contributed by atoms with van der Waals surface area (Å²) in [5, 5.41) is 7.35. The fourth-order valence-corrected chi connectivity index (χ4v) is 3.22. The lowest BCUT2D eigenvalue weighted by Gasteiger charge is -2.14. The predicted molar refractivity (Wildman–Crippen MR) is 95.9 cm³/mol. The molecule has 0 radical (unpaired) electrons. The van der Waals surface area contributed by atoms with Crippen LogP contribution in [0.15, 0.2) is 30.3 Å². The van der Waals surface area contributed by atoms with Crippen LogP contribution in [0.1, 0.15) is 36.2 Å². The number of aromatic nitrogens is 2. The molecule has 1 aromatic heterocycles. The van der Waals surface area contributed by atoms with Crippen molar-refractivity contribution in [2.24, 2.45) is 0 Å². The van der Waals surface area contributed by atoms with Gasteiger partial charge < -0.3 is 5.32 Å². The van der Waals surface area contributed by atoms with E-state index in [9.17, 15) is 4.79 Å². The number of amides is 1. The van der Waals surface area contributed by atoms with Crippen LogP contribution in [0, 0.1) is 13.8 Å². The van der Waals surface area contributed by atoms with Crippen molar-refractivity contribution in [2.75, 3.05) is 18.4 Å². The Bertz CT molecular complexity index is 684. The molecule has 1 aromatic carbocycles. The molecule has 2 aromatic rings. The third-order valence-corrected chi connectivity index (χ3v) is 4.50. The number of nitrogens with zero attached hydrogens (tertiary/aromatic N) is 3. The zero-order valence-corrected chi connectivity index (χ0v) is 14.6. The molecule has 0 saturated carbocycles. The molecule has 5 heteroatoms. The van der Waals surface area contributed by atoms with Gasteiger partial charge in [0.15, 0.2) is 0 Å². The number of likely N-dealkylation sites (tertiary alicyclic amines) is 1. The Morgan fingerprint density at radius 1 is 1.17 bits per heavy atom. The fourth-order valence-electron chi connectivity index (χ4n) is 3.22. The highest BCUT2D eigenvalue weighted by molar-refractivity contribution is 5.90. The second-order valence-corrected chi connectivity index (χ2v) is 6.63. The number of benzene rings is 1. The van der Waals surface area contributed by atoms with Crippen LogP contribution in [-0.4, -0.2) is 33.7 Å². The number of hydrogen-bond acceptors (Lipinski definition) is 3. The van der Waals surface area contributed by atoms with E-state index in [0.717, 1.165) is 23.6 Å². The third kappa shape index (κ3) is 4.45. The normalized spacial score (nSPS) is 14.9. The van der Waals surface area contributed by atoms with Crippen LogP contribution >= 0.6 is 0 Å². The highest BCUT2D eigenvalue weighted by atomic mass is 16.1. The van der Waals surface area contributed by atoms with E-state index in [0.29, 0.717) is 13.0 Å². The van der Waals surface area contributed by atoms with Crippen molar-refractivity contribution >= 4 is 11.6 Å². The minimum Gasteiger partial charge on any atom is -0.326 e. The summed E-state index contributed by atoms with van der Waals surface area (Å²) in [7, 11) is 0. The van der Waals surface area contributed by atoms with Crippen molar-refractivity contribution in [1.82, 2.24) is 14.7 Å². The first-order valence-electron chi connectivity index (χ1n) is 8.72. The molecule has 3 rings (SSSR count). The van der Waals surface area contributed by atoms with Gasteiger partial charge in [0.2, 0.25) is 5.91 Å². The molecule has 128 valence electrons. The lowest BCUT2D eigenvalue weighted by atomic mass is 10.2. The molecule has 1 aliphatic heterocycles. The largest absolute Gasteiger partial charge is 0.326 e. The van der Waals surface area contributed by atoms with Crippen molar-refractivity contribution in [2.45, 2.75) is 46.2 Å². The number of hydrogen-bond donors (Lipinski definition) is 1. The van der Waals surface area contributed by atoms with Gasteiger partial charge in [0.1, 0.15) is 0 Å². The first-order valence-corrected chi connectivity index (χ1v) is 8.72. The number of nitrogens with one attached hydrogen (secondary N) is 1. The molecule has 1 saturated heterocycles. The van der Waals surface area contributed by atoms with E-state index in [1.54, 1.807) is 0 Å². The number of anilines is 1. The van der Waals surface area contributed by atoms with Gasteiger partial charge in [-0.1, -0.05) is 12.1 Å². The maximum Gasteiger partial charge on any atom is 0.226 e. The summed E-state index contributed by atoms with van der Waals surface area (Å²) >= 11 is 0. The first kappa shape index (κ1) is 16.7. The van der Waals surface area contributed by atoms with E-state index in [2.05, 4.69) is 27.4 Å². The summed E-state index contributed by atoms with van der Waals surface area (Å²) in [6, 6.07) is 10.2. The van der Waals surface area contributed by atoms with Crippen molar-refractivity contribution < 1.29 is 4.79 Å². The van der Waals surface area contributed by atoms with Gasteiger partial charge in [-0.3, -0.25) is 14.4 Å². The molecule has 2 heterocycles. The standard InChI is InChI=1S/C19H26N4O/c1-15-13-16(2)23(21-15)12-9-19(24)20-18-7-5-17(6-8-18)14-22-10-3-4-11-22/h5-8,13H,3-4,9-12,14H2,1-2H3,(H,20,24). The lowest BCUT2D eigenvalue weighted by molar-refractivity contribution is -0.116. The first-order chi connectivity index (χ1) is 11.6. The average molecular weight is 326 g/mol. The van der Waals surface area contributed by atoms with Gasteiger partial charge in [0.25, 0.3) is 0 Å². The summed E-state index contributed by atoms with van der Waals surface area (Å²) in [4.78, 5) is 14.6. The molecule has 1 N–H and O–H groups in total. The average Bonchev–Trinajstić information content (AvgIpc) is 3.17. The van der Waals surface area contributed by atoms with E-state index >= 15 is 0 Å². The monoisotopic (exact) mass is 326 g/mol. The molecule has 0 aliphatic carbocycles. The van der Waals surface area contributed by atoms with E-state index in [1.807, 2.05) is 36.7 Å². The Morgan fingerprint density at radius 2 is 1.88 bits per heavy atom. The van der Waals surface area contributed by atoms with Gasteiger partial charge in [-0.05, 0) is 63.5 Å². The Morgan fingerprint density at radius 3 is 2.50 bits per heavy atom. The Labute approximate surface area is 143 Å². The van der Waals surface area contributed by atoms with Crippen molar-refractivity contribution in [3.05, 3.63) is 47.3 Å². The van der Waals surface area contributed by atoms with Gasteiger partial charge in [-0.25, -0.2) is 0 Å². The Hall–Kier alpha value is -2.14. The predicted octanol–water partition coefficient (Wildman–Crippen LogP) is 3.12. The number of rotatable bonds is 6. The van der Waals surface area contributed by atoms with E-state index in [4.69, 9.17) is 0 Å². The van der Waals surface area contributed by atoms with Crippen molar-refractivity contribution in [3.8, 4) is 0 Å². The van der Waals surface area contributed by atoms with Crippen LogP contribution in [0.5, 0.6) is 0 Å². The molecular formula is C19H26N4O. The minimum absolute atomic E-state index is 0.0230. The summed E-state index contributed by atoms with van der Waals surface area (Å²) in [6.45, 7) is 7.99. The van der Waals surface area contributed by atoms with Crippen LogP contribution in [0.25, 0.3) is 0 Å². The molecule has 24 heavy (non-hydrogen) atoms. The van der Waals surface area contributed by atoms with Crippen LogP contribution in [0.3, 0.4) is 0 Å². The van der Waals surface area contributed by atoms with Crippen LogP contribution in [0.2, 0.25) is 0 Å². The maximum absolute atomic E-state index is 12.1. The summed E-state index contributed by atoms with van der Waals surface area (Å²) in [6.07, 6.45) is 3.05. The quantitative estimate of drug-likeness (QED) is 0.887. The third-order valence-electron chi connectivity index (χ3n) is 4.50. The molecule has 0 unspecified atom stereocenters. The molecule has 0 spiro atoms. The van der Waals surface area contributed by atoms with E-state index in [-0.39, 0.29) is 5.91 Å². The number of aryl methyl sites for hydroxylation is 3. The zero-order chi connectivity index (χ0) is 16.9. The van der Waals surface area contributed by atoms with Gasteiger partial charge >= 0.3 is 0 Å². The van der Waals surface area contributed by atoms with Crippen molar-refractivity contribution in [1.29, 1.82) is 0 Å².